The van der Waals surface area contributed by atoms with Crippen molar-refractivity contribution in [2.45, 2.75) is 19.2 Å². The van der Waals surface area contributed by atoms with Crippen molar-refractivity contribution in [2.24, 2.45) is 7.05 Å². The van der Waals surface area contributed by atoms with Gasteiger partial charge in [-0.1, -0.05) is 13.0 Å². The normalized spacial score (nSPS) is 13.3. The van der Waals surface area contributed by atoms with E-state index < -0.39 is 0 Å². The van der Waals surface area contributed by atoms with Gasteiger partial charge in [0, 0.05) is 20.1 Å². The standard InChI is InChI=1S/C15H22ClN3O/c1-4-19(7-8-20)10-13(16)12-5-6-15-14(9-12)17-11(2)18(15)3/h5-6,9,13,20H,4,7-8,10H2,1-3H3. The summed E-state index contributed by atoms with van der Waals surface area (Å²) in [4.78, 5) is 6.69. The number of hydrogen-bond acceptors (Lipinski definition) is 3. The predicted molar refractivity (Wildman–Crippen MR) is 83.2 cm³/mol. The molecule has 110 valence electrons. The topological polar surface area (TPSA) is 41.3 Å². The quantitative estimate of drug-likeness (QED) is 0.833. The van der Waals surface area contributed by atoms with Gasteiger partial charge in [-0.25, -0.2) is 4.98 Å². The average molecular weight is 296 g/mol. The van der Waals surface area contributed by atoms with Crippen LogP contribution in [-0.4, -0.2) is 45.8 Å². The van der Waals surface area contributed by atoms with E-state index in [0.717, 1.165) is 35.5 Å². The molecule has 1 atom stereocenters. The maximum absolute atomic E-state index is 9.03. The minimum atomic E-state index is -0.0896. The molecule has 1 aromatic heterocycles. The summed E-state index contributed by atoms with van der Waals surface area (Å²) in [6.45, 7) is 6.51. The lowest BCUT2D eigenvalue weighted by atomic mass is 10.1. The van der Waals surface area contributed by atoms with Crippen molar-refractivity contribution in [1.82, 2.24) is 14.5 Å². The Kier molecular flexibility index (Phi) is 5.02. The molecule has 0 spiro atoms. The number of aromatic nitrogens is 2. The monoisotopic (exact) mass is 295 g/mol. The molecule has 0 aliphatic rings. The van der Waals surface area contributed by atoms with Crippen LogP contribution < -0.4 is 0 Å². The van der Waals surface area contributed by atoms with Crippen molar-refractivity contribution >= 4 is 22.6 Å². The molecule has 5 heteroatoms. The Morgan fingerprint density at radius 1 is 1.45 bits per heavy atom. The fourth-order valence-corrected chi connectivity index (χ4v) is 2.72. The zero-order valence-corrected chi connectivity index (χ0v) is 13.1. The third-order valence-corrected chi connectivity index (χ3v) is 4.16. The van der Waals surface area contributed by atoms with Gasteiger partial charge >= 0.3 is 0 Å². The second kappa shape index (κ2) is 6.57. The highest BCUT2D eigenvalue weighted by Gasteiger charge is 2.14. The highest BCUT2D eigenvalue weighted by molar-refractivity contribution is 6.21. The average Bonchev–Trinajstić information content (AvgIpc) is 2.73. The molecular weight excluding hydrogens is 274 g/mol. The molecule has 0 bridgehead atoms. The molecule has 1 aromatic carbocycles. The van der Waals surface area contributed by atoms with Crippen LogP contribution in [0.3, 0.4) is 0 Å². The van der Waals surface area contributed by atoms with Crippen LogP contribution in [0.4, 0.5) is 0 Å². The molecule has 0 aliphatic carbocycles. The van der Waals surface area contributed by atoms with Gasteiger partial charge in [0.05, 0.1) is 23.0 Å². The molecule has 20 heavy (non-hydrogen) atoms. The number of aliphatic hydroxyl groups is 1. The molecule has 1 N–H and O–H groups in total. The van der Waals surface area contributed by atoms with Crippen LogP contribution in [-0.2, 0) is 7.05 Å². The van der Waals surface area contributed by atoms with Gasteiger partial charge in [-0.2, -0.15) is 0 Å². The maximum Gasteiger partial charge on any atom is 0.106 e. The van der Waals surface area contributed by atoms with Crippen molar-refractivity contribution in [3.8, 4) is 0 Å². The summed E-state index contributed by atoms with van der Waals surface area (Å²) in [6, 6.07) is 6.20. The van der Waals surface area contributed by atoms with Gasteiger partial charge in [-0.3, -0.25) is 4.90 Å². The molecule has 1 heterocycles. The number of aliphatic hydroxyl groups excluding tert-OH is 1. The van der Waals surface area contributed by atoms with Gasteiger partial charge in [-0.05, 0) is 31.2 Å². The van der Waals surface area contributed by atoms with E-state index in [-0.39, 0.29) is 12.0 Å². The van der Waals surface area contributed by atoms with Crippen LogP contribution in [0.1, 0.15) is 23.7 Å². The van der Waals surface area contributed by atoms with E-state index in [1.165, 1.54) is 0 Å². The number of alkyl halides is 1. The first-order valence-electron chi connectivity index (χ1n) is 6.97. The highest BCUT2D eigenvalue weighted by atomic mass is 35.5. The third-order valence-electron chi connectivity index (χ3n) is 3.77. The SMILES string of the molecule is CCN(CCO)CC(Cl)c1ccc2c(c1)nc(C)n2C. The summed E-state index contributed by atoms with van der Waals surface area (Å²) in [5.41, 5.74) is 3.19. The number of halogens is 1. The number of benzene rings is 1. The Morgan fingerprint density at radius 3 is 2.85 bits per heavy atom. The van der Waals surface area contributed by atoms with Crippen LogP contribution in [0.2, 0.25) is 0 Å². The molecule has 0 radical (unpaired) electrons. The lowest BCUT2D eigenvalue weighted by Crippen LogP contribution is -2.29. The van der Waals surface area contributed by atoms with Gasteiger partial charge in [0.25, 0.3) is 0 Å². The fourth-order valence-electron chi connectivity index (χ4n) is 2.38. The molecule has 0 saturated heterocycles. The molecule has 0 amide bonds. The van der Waals surface area contributed by atoms with E-state index in [2.05, 4.69) is 39.6 Å². The third kappa shape index (κ3) is 3.14. The first-order valence-corrected chi connectivity index (χ1v) is 7.40. The zero-order valence-electron chi connectivity index (χ0n) is 12.3. The number of nitrogens with zero attached hydrogens (tertiary/aromatic N) is 3. The summed E-state index contributed by atoms with van der Waals surface area (Å²) in [6.07, 6.45) is 0. The molecular formula is C15H22ClN3O. The Labute approximate surface area is 125 Å². The second-order valence-electron chi connectivity index (χ2n) is 5.05. The first kappa shape index (κ1) is 15.3. The van der Waals surface area contributed by atoms with E-state index in [9.17, 15) is 0 Å². The van der Waals surface area contributed by atoms with Crippen molar-refractivity contribution in [3.05, 3.63) is 29.6 Å². The number of likely N-dealkylation sites (N-methyl/N-ethyl adjacent to an activating group) is 1. The van der Waals surface area contributed by atoms with Gasteiger partial charge in [0.2, 0.25) is 0 Å². The van der Waals surface area contributed by atoms with Gasteiger partial charge in [0.1, 0.15) is 5.82 Å². The molecule has 1 unspecified atom stereocenters. The van der Waals surface area contributed by atoms with Crippen LogP contribution in [0, 0.1) is 6.92 Å². The number of rotatable bonds is 6. The Morgan fingerprint density at radius 2 is 2.20 bits per heavy atom. The molecule has 0 aliphatic heterocycles. The highest BCUT2D eigenvalue weighted by Crippen LogP contribution is 2.25. The van der Waals surface area contributed by atoms with E-state index in [4.69, 9.17) is 16.7 Å². The summed E-state index contributed by atoms with van der Waals surface area (Å²) in [5, 5.41) is 8.94. The van der Waals surface area contributed by atoms with E-state index in [0.29, 0.717) is 6.54 Å². The van der Waals surface area contributed by atoms with E-state index in [1.54, 1.807) is 0 Å². The largest absolute Gasteiger partial charge is 0.395 e. The number of hydrogen-bond donors (Lipinski definition) is 1. The molecule has 2 aromatic rings. The number of fused-ring (bicyclic) bond motifs is 1. The first-order chi connectivity index (χ1) is 9.56. The van der Waals surface area contributed by atoms with E-state index in [1.807, 2.05) is 14.0 Å². The number of imidazole rings is 1. The van der Waals surface area contributed by atoms with Crippen LogP contribution in [0.15, 0.2) is 18.2 Å². The molecule has 0 fully saturated rings. The lowest BCUT2D eigenvalue weighted by molar-refractivity contribution is 0.202. The minimum absolute atomic E-state index is 0.0896. The van der Waals surface area contributed by atoms with Gasteiger partial charge < -0.3 is 9.67 Å². The van der Waals surface area contributed by atoms with Crippen LogP contribution >= 0.6 is 11.6 Å². The van der Waals surface area contributed by atoms with Crippen molar-refractivity contribution < 1.29 is 5.11 Å². The molecule has 0 saturated carbocycles. The zero-order chi connectivity index (χ0) is 14.7. The van der Waals surface area contributed by atoms with Crippen molar-refractivity contribution in [2.75, 3.05) is 26.2 Å². The summed E-state index contributed by atoms with van der Waals surface area (Å²) < 4.78 is 2.08. The maximum atomic E-state index is 9.03. The predicted octanol–water partition coefficient (Wildman–Crippen LogP) is 2.48. The van der Waals surface area contributed by atoms with Crippen molar-refractivity contribution in [1.29, 1.82) is 0 Å². The molecule has 4 nitrogen and oxygen atoms in total. The summed E-state index contributed by atoms with van der Waals surface area (Å²) >= 11 is 6.50. The smallest absolute Gasteiger partial charge is 0.106 e. The van der Waals surface area contributed by atoms with Crippen LogP contribution in [0.25, 0.3) is 11.0 Å². The molecule has 2 rings (SSSR count). The van der Waals surface area contributed by atoms with Gasteiger partial charge in [-0.15, -0.1) is 11.6 Å². The van der Waals surface area contributed by atoms with Crippen LogP contribution in [0.5, 0.6) is 0 Å². The number of aryl methyl sites for hydroxylation is 2. The lowest BCUT2D eigenvalue weighted by Gasteiger charge is -2.22. The minimum Gasteiger partial charge on any atom is -0.395 e. The summed E-state index contributed by atoms with van der Waals surface area (Å²) in [7, 11) is 2.02. The fraction of sp³-hybridized carbons (Fsp3) is 0.533. The Hall–Kier alpha value is -1.10. The van der Waals surface area contributed by atoms with E-state index >= 15 is 0 Å². The Bertz CT molecular complexity index is 582. The Balaban J connectivity index is 2.19. The van der Waals surface area contributed by atoms with Crippen molar-refractivity contribution in [3.63, 3.8) is 0 Å². The summed E-state index contributed by atoms with van der Waals surface area (Å²) in [5.74, 6) is 0.999. The second-order valence-corrected chi connectivity index (χ2v) is 5.58. The van der Waals surface area contributed by atoms with Gasteiger partial charge in [0.15, 0.2) is 0 Å².